The molecule has 0 spiro atoms. The summed E-state index contributed by atoms with van der Waals surface area (Å²) in [5.41, 5.74) is 15.5. The van der Waals surface area contributed by atoms with Crippen molar-refractivity contribution >= 4 is 54.9 Å². The van der Waals surface area contributed by atoms with Crippen LogP contribution in [0.5, 0.6) is 0 Å². The number of hydrogen-bond acceptors (Lipinski definition) is 0. The van der Waals surface area contributed by atoms with E-state index in [1.807, 2.05) is 0 Å². The zero-order chi connectivity index (χ0) is 33.5. The molecule has 3 nitrogen and oxygen atoms in total. The van der Waals surface area contributed by atoms with Gasteiger partial charge in [0.15, 0.2) is 0 Å². The van der Waals surface area contributed by atoms with Crippen molar-refractivity contribution in [2.75, 3.05) is 0 Å². The number of aromatic nitrogens is 3. The van der Waals surface area contributed by atoms with Crippen molar-refractivity contribution in [3.05, 3.63) is 188 Å². The fourth-order valence-corrected chi connectivity index (χ4v) is 8.25. The van der Waals surface area contributed by atoms with E-state index in [2.05, 4.69) is 201 Å². The molecule has 4 aromatic heterocycles. The van der Waals surface area contributed by atoms with E-state index in [1.54, 1.807) is 0 Å². The molecule has 4 heterocycles. The number of hydrogen-bond donors (Lipinski definition) is 0. The largest absolute Gasteiger partial charge is 0.295 e. The van der Waals surface area contributed by atoms with Crippen LogP contribution in [0.15, 0.2) is 188 Å². The summed E-state index contributed by atoms with van der Waals surface area (Å²) < 4.78 is 7.44. The van der Waals surface area contributed by atoms with Gasteiger partial charge in [0, 0.05) is 27.2 Å². The molecule has 7 aromatic carbocycles. The molecule has 0 saturated heterocycles. The van der Waals surface area contributed by atoms with Gasteiger partial charge in [0.05, 0.1) is 22.1 Å². The summed E-state index contributed by atoms with van der Waals surface area (Å²) in [6.45, 7) is 0. The van der Waals surface area contributed by atoms with Crippen LogP contribution in [0.25, 0.3) is 94.0 Å². The zero-order valence-electron chi connectivity index (χ0n) is 27.7. The van der Waals surface area contributed by atoms with Crippen LogP contribution >= 0.6 is 0 Å². The lowest BCUT2D eigenvalue weighted by Gasteiger charge is -2.12. The summed E-state index contributed by atoms with van der Waals surface area (Å²) in [7, 11) is 0. The van der Waals surface area contributed by atoms with Crippen LogP contribution in [0.1, 0.15) is 0 Å². The number of rotatable bonds is 4. The minimum Gasteiger partial charge on any atom is -0.295 e. The third-order valence-corrected chi connectivity index (χ3v) is 10.6. The van der Waals surface area contributed by atoms with Gasteiger partial charge in [-0.15, -0.1) is 0 Å². The van der Waals surface area contributed by atoms with Gasteiger partial charge in [-0.2, -0.15) is 0 Å². The van der Waals surface area contributed by atoms with Crippen molar-refractivity contribution in [1.29, 1.82) is 0 Å². The standard InChI is InChI=1S/C48H31N3/c1-5-13-32(14-6-1)35-21-24-42-38(27-35)30-45-47-41-29-37(34-17-9-3-10-18-34)23-26-44(41)49(40-19-11-4-12-20-40)48(47)51-43-25-22-36(33-15-7-2-8-16-33)28-39(43)31-46(51)50(42)45/h1-31H. The van der Waals surface area contributed by atoms with E-state index in [0.717, 1.165) is 17.0 Å². The molecule has 51 heavy (non-hydrogen) atoms. The molecule has 0 amide bonds. The van der Waals surface area contributed by atoms with Gasteiger partial charge < -0.3 is 0 Å². The molecule has 0 saturated carbocycles. The fourth-order valence-electron chi connectivity index (χ4n) is 8.25. The third kappa shape index (κ3) is 4.19. The topological polar surface area (TPSA) is 13.8 Å². The predicted octanol–water partition coefficient (Wildman–Crippen LogP) is 12.6. The van der Waals surface area contributed by atoms with Gasteiger partial charge in [0.2, 0.25) is 0 Å². The molecule has 238 valence electrons. The maximum Gasteiger partial charge on any atom is 0.134 e. The predicted molar refractivity (Wildman–Crippen MR) is 214 cm³/mol. The summed E-state index contributed by atoms with van der Waals surface area (Å²) in [6, 6.07) is 68.5. The molecule has 0 bridgehead atoms. The van der Waals surface area contributed by atoms with Crippen LogP contribution in [0.4, 0.5) is 0 Å². The maximum atomic E-state index is 2.49. The SMILES string of the molecule is c1ccc(-c2ccc3c(c2)cc2c4c5cc(-c6ccccc6)ccc5n(-c5ccccc5)c4n4c5ccc(-c6ccccc6)cc5cc4n32)cc1. The molecule has 0 atom stereocenters. The minimum atomic E-state index is 1.14. The Morgan fingerprint density at radius 1 is 0.314 bits per heavy atom. The minimum absolute atomic E-state index is 1.14. The van der Waals surface area contributed by atoms with Crippen LogP contribution < -0.4 is 0 Å². The van der Waals surface area contributed by atoms with Crippen molar-refractivity contribution in [2.24, 2.45) is 0 Å². The van der Waals surface area contributed by atoms with Crippen LogP contribution in [0, 0.1) is 0 Å². The van der Waals surface area contributed by atoms with Crippen molar-refractivity contribution in [2.45, 2.75) is 0 Å². The normalized spacial score (nSPS) is 11.9. The Morgan fingerprint density at radius 2 is 0.784 bits per heavy atom. The maximum absolute atomic E-state index is 2.49. The Bertz CT molecular complexity index is 3090. The van der Waals surface area contributed by atoms with E-state index in [1.165, 1.54) is 77.0 Å². The summed E-state index contributed by atoms with van der Waals surface area (Å²) in [5.74, 6) is 0. The molecule has 11 rings (SSSR count). The molecule has 0 N–H and O–H groups in total. The fraction of sp³-hybridized carbons (Fsp3) is 0. The van der Waals surface area contributed by atoms with Crippen LogP contribution in [-0.2, 0) is 0 Å². The number of fused-ring (bicyclic) bond motifs is 12. The van der Waals surface area contributed by atoms with Gasteiger partial charge in [0.25, 0.3) is 0 Å². The Hall–Kier alpha value is -6.84. The smallest absolute Gasteiger partial charge is 0.134 e. The Morgan fingerprint density at radius 3 is 1.35 bits per heavy atom. The van der Waals surface area contributed by atoms with E-state index in [9.17, 15) is 0 Å². The van der Waals surface area contributed by atoms with Crippen LogP contribution in [0.3, 0.4) is 0 Å². The first-order valence-electron chi connectivity index (χ1n) is 17.5. The average molecular weight is 650 g/mol. The Labute approximate surface area is 294 Å². The highest BCUT2D eigenvalue weighted by atomic mass is 15.2. The van der Waals surface area contributed by atoms with Crippen LogP contribution in [0.2, 0.25) is 0 Å². The monoisotopic (exact) mass is 649 g/mol. The van der Waals surface area contributed by atoms with Gasteiger partial charge in [-0.1, -0.05) is 127 Å². The molecule has 0 aliphatic rings. The lowest BCUT2D eigenvalue weighted by molar-refractivity contribution is 1.09. The molecular formula is C48H31N3. The van der Waals surface area contributed by atoms with E-state index in [0.29, 0.717) is 0 Å². The lowest BCUT2D eigenvalue weighted by Crippen LogP contribution is -2.01. The summed E-state index contributed by atoms with van der Waals surface area (Å²) in [4.78, 5) is 0. The molecule has 0 aliphatic carbocycles. The van der Waals surface area contributed by atoms with E-state index >= 15 is 0 Å². The number of nitrogens with zero attached hydrogens (tertiary/aromatic N) is 3. The Balaban J connectivity index is 1.34. The summed E-state index contributed by atoms with van der Waals surface area (Å²) >= 11 is 0. The second-order valence-electron chi connectivity index (χ2n) is 13.4. The lowest BCUT2D eigenvalue weighted by atomic mass is 10.0. The molecule has 0 aliphatic heterocycles. The van der Waals surface area contributed by atoms with Gasteiger partial charge >= 0.3 is 0 Å². The van der Waals surface area contributed by atoms with Gasteiger partial charge in [-0.25, -0.2) is 0 Å². The quantitative estimate of drug-likeness (QED) is 0.180. The number of para-hydroxylation sites is 1. The molecule has 0 fully saturated rings. The van der Waals surface area contributed by atoms with Gasteiger partial charge in [0.1, 0.15) is 11.3 Å². The highest BCUT2D eigenvalue weighted by Crippen LogP contribution is 2.42. The highest BCUT2D eigenvalue weighted by Gasteiger charge is 2.23. The van der Waals surface area contributed by atoms with Gasteiger partial charge in [-0.05, 0) is 94.0 Å². The second-order valence-corrected chi connectivity index (χ2v) is 13.4. The van der Waals surface area contributed by atoms with E-state index in [-0.39, 0.29) is 0 Å². The number of benzene rings is 7. The average Bonchev–Trinajstić information content (AvgIpc) is 3.88. The van der Waals surface area contributed by atoms with Crippen molar-refractivity contribution in [1.82, 2.24) is 13.4 Å². The molecule has 0 unspecified atom stereocenters. The zero-order valence-corrected chi connectivity index (χ0v) is 27.7. The highest BCUT2D eigenvalue weighted by molar-refractivity contribution is 6.20. The Kier molecular flexibility index (Phi) is 5.96. The first-order chi connectivity index (χ1) is 25.3. The first-order valence-corrected chi connectivity index (χ1v) is 17.5. The van der Waals surface area contributed by atoms with Crippen LogP contribution in [-0.4, -0.2) is 13.4 Å². The van der Waals surface area contributed by atoms with Crippen molar-refractivity contribution in [3.8, 4) is 39.1 Å². The first kappa shape index (κ1) is 28.0. The molecular weight excluding hydrogens is 619 g/mol. The molecule has 0 radical (unpaired) electrons. The summed E-state index contributed by atoms with van der Waals surface area (Å²) in [5, 5.41) is 4.90. The molecule has 11 aromatic rings. The van der Waals surface area contributed by atoms with E-state index in [4.69, 9.17) is 0 Å². The second kappa shape index (κ2) is 10.8. The third-order valence-electron chi connectivity index (χ3n) is 10.6. The van der Waals surface area contributed by atoms with Crippen molar-refractivity contribution < 1.29 is 0 Å². The van der Waals surface area contributed by atoms with Crippen molar-refractivity contribution in [3.63, 3.8) is 0 Å². The summed E-state index contributed by atoms with van der Waals surface area (Å²) in [6.07, 6.45) is 0. The van der Waals surface area contributed by atoms with E-state index < -0.39 is 0 Å². The molecule has 3 heteroatoms. The van der Waals surface area contributed by atoms with Gasteiger partial charge in [-0.3, -0.25) is 13.4 Å².